The zero-order valence-corrected chi connectivity index (χ0v) is 19.8. The molecule has 0 aliphatic carbocycles. The van der Waals surface area contributed by atoms with E-state index in [2.05, 4.69) is 16.8 Å². The molecule has 1 aliphatic heterocycles. The first-order valence-corrected chi connectivity index (χ1v) is 11.6. The Morgan fingerprint density at radius 3 is 2.59 bits per heavy atom. The van der Waals surface area contributed by atoms with Gasteiger partial charge in [0.25, 0.3) is 0 Å². The Balaban J connectivity index is 1.51. The van der Waals surface area contributed by atoms with Crippen molar-refractivity contribution in [1.82, 2.24) is 9.80 Å². The van der Waals surface area contributed by atoms with Crippen molar-refractivity contribution in [2.45, 2.75) is 19.3 Å². The smallest absolute Gasteiger partial charge is 0.189 e. The Morgan fingerprint density at radius 1 is 1.06 bits per heavy atom. The van der Waals surface area contributed by atoms with Gasteiger partial charge in [-0.1, -0.05) is 29.8 Å². The second-order valence-corrected chi connectivity index (χ2v) is 8.54. The maximum absolute atomic E-state index is 12.8. The first kappa shape index (κ1) is 24.3. The molecule has 2 aromatic rings. The Morgan fingerprint density at radius 2 is 1.84 bits per heavy atom. The Kier molecular flexibility index (Phi) is 9.60. The Bertz CT molecular complexity index is 908. The first-order chi connectivity index (χ1) is 15.6. The van der Waals surface area contributed by atoms with Crippen LogP contribution in [0.4, 0.5) is 0 Å². The highest BCUT2D eigenvalue weighted by molar-refractivity contribution is 6.32. The van der Waals surface area contributed by atoms with Crippen LogP contribution in [0.25, 0.3) is 6.08 Å². The number of carbonyl (C=O) groups is 1. The average Bonchev–Trinajstić information content (AvgIpc) is 2.81. The van der Waals surface area contributed by atoms with Crippen LogP contribution in [0.2, 0.25) is 5.02 Å². The molecule has 0 N–H and O–H groups in total. The number of unbranched alkanes of at least 4 members (excludes halogenated alkanes) is 2. The van der Waals surface area contributed by atoms with Crippen LogP contribution in [-0.4, -0.2) is 69.1 Å². The average molecular weight is 457 g/mol. The van der Waals surface area contributed by atoms with E-state index in [9.17, 15) is 4.79 Å². The van der Waals surface area contributed by atoms with Gasteiger partial charge in [0.2, 0.25) is 0 Å². The quantitative estimate of drug-likeness (QED) is 0.269. The van der Waals surface area contributed by atoms with Gasteiger partial charge < -0.3 is 19.3 Å². The number of halogens is 1. The minimum Gasteiger partial charge on any atom is -0.497 e. The number of piperazine rings is 1. The normalized spacial score (nSPS) is 15.2. The van der Waals surface area contributed by atoms with Crippen molar-refractivity contribution in [2.75, 3.05) is 53.5 Å². The summed E-state index contributed by atoms with van der Waals surface area (Å²) in [6, 6.07) is 12.7. The van der Waals surface area contributed by atoms with Gasteiger partial charge in [-0.3, -0.25) is 4.79 Å². The molecule has 6 heteroatoms. The van der Waals surface area contributed by atoms with Crippen molar-refractivity contribution in [2.24, 2.45) is 0 Å². The molecule has 0 unspecified atom stereocenters. The van der Waals surface area contributed by atoms with E-state index < -0.39 is 0 Å². The number of hydrogen-bond donors (Lipinski definition) is 0. The molecule has 1 fully saturated rings. The third kappa shape index (κ3) is 7.37. The van der Waals surface area contributed by atoms with Gasteiger partial charge in [-0.05, 0) is 68.8 Å². The number of hydrogen-bond acceptors (Lipinski definition) is 5. The molecule has 5 nitrogen and oxygen atoms in total. The van der Waals surface area contributed by atoms with E-state index in [0.29, 0.717) is 28.7 Å². The highest BCUT2D eigenvalue weighted by Gasteiger charge is 2.14. The minimum atomic E-state index is -0.127. The van der Waals surface area contributed by atoms with E-state index in [1.165, 1.54) is 6.08 Å². The second-order valence-electron chi connectivity index (χ2n) is 8.14. The summed E-state index contributed by atoms with van der Waals surface area (Å²) in [5.41, 5.74) is 1.32. The monoisotopic (exact) mass is 456 g/mol. The fraction of sp³-hybridized carbons (Fsp3) is 0.423. The summed E-state index contributed by atoms with van der Waals surface area (Å²) in [5.74, 6) is 1.09. The number of likely N-dealkylation sites (N-methyl/N-ethyl adjacent to an activating group) is 1. The summed E-state index contributed by atoms with van der Waals surface area (Å²) in [4.78, 5) is 17.7. The predicted molar refractivity (Wildman–Crippen MR) is 131 cm³/mol. The van der Waals surface area contributed by atoms with Crippen molar-refractivity contribution in [3.63, 3.8) is 0 Å². The molecule has 32 heavy (non-hydrogen) atoms. The van der Waals surface area contributed by atoms with Crippen LogP contribution < -0.4 is 9.47 Å². The Hall–Kier alpha value is -2.34. The van der Waals surface area contributed by atoms with E-state index >= 15 is 0 Å². The molecule has 0 aromatic heterocycles. The summed E-state index contributed by atoms with van der Waals surface area (Å²) in [6.07, 6.45) is 6.49. The van der Waals surface area contributed by atoms with Crippen molar-refractivity contribution in [3.8, 4) is 11.5 Å². The maximum Gasteiger partial charge on any atom is 0.189 e. The van der Waals surface area contributed by atoms with Crippen molar-refractivity contribution in [1.29, 1.82) is 0 Å². The third-order valence-corrected chi connectivity index (χ3v) is 6.09. The number of ketones is 1. The summed E-state index contributed by atoms with van der Waals surface area (Å²) < 4.78 is 11.3. The fourth-order valence-corrected chi connectivity index (χ4v) is 3.88. The third-order valence-electron chi connectivity index (χ3n) is 5.75. The van der Waals surface area contributed by atoms with E-state index in [1.807, 2.05) is 18.2 Å². The van der Waals surface area contributed by atoms with E-state index in [-0.39, 0.29) is 5.78 Å². The lowest BCUT2D eigenvalue weighted by molar-refractivity contribution is 0.104. The standard InChI is InChI=1S/C26H33ClN2O3/c1-28-15-17-29(18-16-28)14-6-3-7-19-32-26-20-22(31-2)11-12-23(26)25(30)13-10-21-8-4-5-9-24(21)27/h4-5,8-13,20H,3,6-7,14-19H2,1-2H3. The summed E-state index contributed by atoms with van der Waals surface area (Å²) >= 11 is 6.18. The lowest BCUT2D eigenvalue weighted by Gasteiger charge is -2.32. The highest BCUT2D eigenvalue weighted by atomic mass is 35.5. The lowest BCUT2D eigenvalue weighted by atomic mass is 10.1. The minimum absolute atomic E-state index is 0.127. The van der Waals surface area contributed by atoms with E-state index in [0.717, 1.165) is 57.5 Å². The Labute approximate surface area is 196 Å². The van der Waals surface area contributed by atoms with E-state index in [1.54, 1.807) is 37.5 Å². The van der Waals surface area contributed by atoms with Gasteiger partial charge in [0.1, 0.15) is 11.5 Å². The largest absolute Gasteiger partial charge is 0.497 e. The van der Waals surface area contributed by atoms with Crippen LogP contribution in [0, 0.1) is 0 Å². The summed E-state index contributed by atoms with van der Waals surface area (Å²) in [6.45, 7) is 6.34. The molecule has 0 spiro atoms. The predicted octanol–water partition coefficient (Wildman–Crippen LogP) is 5.04. The summed E-state index contributed by atoms with van der Waals surface area (Å²) in [5, 5.41) is 0.610. The molecule has 0 radical (unpaired) electrons. The lowest BCUT2D eigenvalue weighted by Crippen LogP contribution is -2.44. The molecular formula is C26H33ClN2O3. The van der Waals surface area contributed by atoms with E-state index in [4.69, 9.17) is 21.1 Å². The number of benzene rings is 2. The summed E-state index contributed by atoms with van der Waals surface area (Å²) in [7, 11) is 3.79. The molecule has 0 bridgehead atoms. The van der Waals surface area contributed by atoms with Gasteiger partial charge in [-0.2, -0.15) is 0 Å². The molecule has 1 aliphatic rings. The second kappa shape index (κ2) is 12.6. The fourth-order valence-electron chi connectivity index (χ4n) is 3.69. The van der Waals surface area contributed by atoms with Gasteiger partial charge in [-0.15, -0.1) is 0 Å². The first-order valence-electron chi connectivity index (χ1n) is 11.3. The van der Waals surface area contributed by atoms with Crippen LogP contribution in [0.5, 0.6) is 11.5 Å². The molecule has 2 aromatic carbocycles. The van der Waals surface area contributed by atoms with Gasteiger partial charge in [0, 0.05) is 37.3 Å². The van der Waals surface area contributed by atoms with Crippen LogP contribution in [0.15, 0.2) is 48.5 Å². The molecule has 0 amide bonds. The van der Waals surface area contributed by atoms with Crippen LogP contribution in [0.1, 0.15) is 35.2 Å². The molecule has 172 valence electrons. The number of nitrogens with zero attached hydrogens (tertiary/aromatic N) is 2. The molecular weight excluding hydrogens is 424 g/mol. The zero-order valence-electron chi connectivity index (χ0n) is 19.1. The SMILES string of the molecule is COc1ccc(C(=O)C=Cc2ccccc2Cl)c(OCCCCCN2CCN(C)CC2)c1. The molecule has 1 heterocycles. The number of allylic oxidation sites excluding steroid dienone is 1. The molecule has 3 rings (SSSR count). The topological polar surface area (TPSA) is 42.0 Å². The zero-order chi connectivity index (χ0) is 22.8. The molecule has 0 saturated carbocycles. The maximum atomic E-state index is 12.8. The van der Waals surface area contributed by atoms with Gasteiger partial charge in [0.05, 0.1) is 19.3 Å². The number of ether oxygens (including phenoxy) is 2. The van der Waals surface area contributed by atoms with Crippen LogP contribution >= 0.6 is 11.6 Å². The van der Waals surface area contributed by atoms with Crippen LogP contribution in [-0.2, 0) is 0 Å². The van der Waals surface area contributed by atoms with Crippen molar-refractivity contribution < 1.29 is 14.3 Å². The highest BCUT2D eigenvalue weighted by Crippen LogP contribution is 2.26. The van der Waals surface area contributed by atoms with Gasteiger partial charge in [0.15, 0.2) is 5.78 Å². The van der Waals surface area contributed by atoms with Crippen molar-refractivity contribution >= 4 is 23.5 Å². The van der Waals surface area contributed by atoms with Gasteiger partial charge in [-0.25, -0.2) is 0 Å². The van der Waals surface area contributed by atoms with Crippen LogP contribution in [0.3, 0.4) is 0 Å². The van der Waals surface area contributed by atoms with Crippen molar-refractivity contribution in [3.05, 3.63) is 64.7 Å². The number of carbonyl (C=O) groups excluding carboxylic acids is 1. The van der Waals surface area contributed by atoms with Gasteiger partial charge >= 0.3 is 0 Å². The number of rotatable bonds is 11. The molecule has 1 saturated heterocycles. The number of methoxy groups -OCH3 is 1. The molecule has 0 atom stereocenters.